The average molecular weight is 540 g/mol. The predicted molar refractivity (Wildman–Crippen MR) is 172 cm³/mol. The fourth-order valence-corrected chi connectivity index (χ4v) is 6.78. The quantitative estimate of drug-likeness (QED) is 0.221. The summed E-state index contributed by atoms with van der Waals surface area (Å²) in [6.07, 6.45) is 0. The zero-order chi connectivity index (χ0) is 27.4. The molecule has 4 heteroatoms. The van der Waals surface area contributed by atoms with Crippen LogP contribution in [0.2, 0.25) is 0 Å². The molecule has 6 aromatic rings. The molecular weight excluding hydrogens is 506 g/mol. The second-order valence-corrected chi connectivity index (χ2v) is 12.8. The first kappa shape index (κ1) is 24.9. The first-order valence-corrected chi connectivity index (χ1v) is 14.7. The van der Waals surface area contributed by atoms with E-state index in [1.165, 1.54) is 59.9 Å². The highest BCUT2D eigenvalue weighted by atomic mass is 32.2. The second kappa shape index (κ2) is 9.50. The average Bonchev–Trinajstić information content (AvgIpc) is 3.47. The van der Waals surface area contributed by atoms with Crippen LogP contribution < -0.4 is 9.80 Å². The van der Waals surface area contributed by atoms with Crippen molar-refractivity contribution in [3.63, 3.8) is 0 Å². The van der Waals surface area contributed by atoms with E-state index in [1.807, 2.05) is 11.8 Å². The van der Waals surface area contributed by atoms with Crippen molar-refractivity contribution >= 4 is 50.6 Å². The molecule has 0 radical (unpaired) electrons. The fourth-order valence-electron chi connectivity index (χ4n) is 5.84. The predicted octanol–water partition coefficient (Wildman–Crippen LogP) is 9.78. The fraction of sp³-hybridized carbons (Fsp3) is 0.167. The van der Waals surface area contributed by atoms with Crippen LogP contribution in [0.15, 0.2) is 125 Å². The third kappa shape index (κ3) is 4.24. The summed E-state index contributed by atoms with van der Waals surface area (Å²) in [5, 5.41) is 2.57. The molecular formula is C36H33N3S. The summed E-state index contributed by atoms with van der Waals surface area (Å²) in [5.74, 6) is 0. The van der Waals surface area contributed by atoms with Crippen LogP contribution in [-0.2, 0) is 5.41 Å². The second-order valence-electron chi connectivity index (χ2n) is 11.7. The Morgan fingerprint density at radius 3 is 2.10 bits per heavy atom. The van der Waals surface area contributed by atoms with Crippen molar-refractivity contribution in [3.8, 4) is 5.69 Å². The van der Waals surface area contributed by atoms with Gasteiger partial charge < -0.3 is 14.4 Å². The first-order valence-electron chi connectivity index (χ1n) is 13.9. The van der Waals surface area contributed by atoms with Crippen LogP contribution in [0, 0.1) is 0 Å². The van der Waals surface area contributed by atoms with Crippen LogP contribution in [0.1, 0.15) is 26.3 Å². The Hall–Kier alpha value is -4.15. The standard InChI is InChI=1S/C36H33N3S/c1-36(2,3)25-20-27(38-24-37(4)33-16-10-11-17-34(33)38)22-29(21-25)40-28-18-19-31-30-14-8-9-15-32(30)39(35(31)23-28)26-12-6-5-7-13-26/h5-23H,24H2,1-4H3. The molecule has 0 bridgehead atoms. The maximum absolute atomic E-state index is 2.44. The molecule has 0 aliphatic carbocycles. The zero-order valence-electron chi connectivity index (χ0n) is 23.4. The minimum Gasteiger partial charge on any atom is -0.355 e. The van der Waals surface area contributed by atoms with Crippen molar-refractivity contribution in [1.82, 2.24) is 4.57 Å². The summed E-state index contributed by atoms with van der Waals surface area (Å²) in [7, 11) is 2.17. The lowest BCUT2D eigenvalue weighted by atomic mass is 9.87. The molecule has 5 aromatic carbocycles. The molecule has 7 rings (SSSR count). The van der Waals surface area contributed by atoms with E-state index in [1.54, 1.807) is 0 Å². The number of rotatable bonds is 4. The van der Waals surface area contributed by atoms with Gasteiger partial charge in [0.2, 0.25) is 0 Å². The molecule has 0 spiro atoms. The lowest BCUT2D eigenvalue weighted by molar-refractivity contribution is 0.588. The number of para-hydroxylation sites is 4. The Morgan fingerprint density at radius 2 is 1.30 bits per heavy atom. The van der Waals surface area contributed by atoms with Crippen LogP contribution >= 0.6 is 11.8 Å². The molecule has 1 aliphatic heterocycles. The van der Waals surface area contributed by atoms with Gasteiger partial charge in [-0.3, -0.25) is 0 Å². The van der Waals surface area contributed by atoms with E-state index in [0.29, 0.717) is 0 Å². The maximum atomic E-state index is 2.44. The topological polar surface area (TPSA) is 11.4 Å². The Labute approximate surface area is 240 Å². The lowest BCUT2D eigenvalue weighted by Crippen LogP contribution is -2.24. The van der Waals surface area contributed by atoms with E-state index in [0.717, 1.165) is 6.67 Å². The molecule has 0 unspecified atom stereocenters. The van der Waals surface area contributed by atoms with Crippen LogP contribution in [0.5, 0.6) is 0 Å². The van der Waals surface area contributed by atoms with Gasteiger partial charge in [0.15, 0.2) is 0 Å². The zero-order valence-corrected chi connectivity index (χ0v) is 24.2. The highest BCUT2D eigenvalue weighted by Gasteiger charge is 2.26. The van der Waals surface area contributed by atoms with Crippen molar-refractivity contribution in [2.45, 2.75) is 36.0 Å². The van der Waals surface area contributed by atoms with E-state index in [9.17, 15) is 0 Å². The number of anilines is 3. The van der Waals surface area contributed by atoms with E-state index in [-0.39, 0.29) is 5.41 Å². The molecule has 0 fully saturated rings. The van der Waals surface area contributed by atoms with Gasteiger partial charge in [-0.25, -0.2) is 0 Å². The number of benzene rings is 5. The van der Waals surface area contributed by atoms with Gasteiger partial charge in [0.25, 0.3) is 0 Å². The molecule has 0 N–H and O–H groups in total. The van der Waals surface area contributed by atoms with E-state index < -0.39 is 0 Å². The summed E-state index contributed by atoms with van der Waals surface area (Å²) in [6, 6.07) is 42.1. The largest absolute Gasteiger partial charge is 0.355 e. The normalized spacial score (nSPS) is 13.4. The molecule has 2 heterocycles. The third-order valence-corrected chi connectivity index (χ3v) is 8.86. The number of nitrogens with zero attached hydrogens (tertiary/aromatic N) is 3. The third-order valence-electron chi connectivity index (χ3n) is 7.90. The minimum atomic E-state index is 0.0418. The van der Waals surface area contributed by atoms with Crippen LogP contribution in [0.3, 0.4) is 0 Å². The summed E-state index contributed by atoms with van der Waals surface area (Å²) in [6.45, 7) is 7.75. The lowest BCUT2D eigenvalue weighted by Gasteiger charge is -2.25. The van der Waals surface area contributed by atoms with Gasteiger partial charge in [0, 0.05) is 39.0 Å². The first-order chi connectivity index (χ1) is 19.4. The summed E-state index contributed by atoms with van der Waals surface area (Å²) in [4.78, 5) is 7.26. The number of hydrogen-bond acceptors (Lipinski definition) is 3. The van der Waals surface area contributed by atoms with Crippen molar-refractivity contribution in [2.24, 2.45) is 0 Å². The van der Waals surface area contributed by atoms with Gasteiger partial charge in [0.1, 0.15) is 0 Å². The minimum absolute atomic E-state index is 0.0418. The summed E-state index contributed by atoms with van der Waals surface area (Å²) >= 11 is 1.85. The van der Waals surface area contributed by atoms with Gasteiger partial charge in [-0.05, 0) is 71.6 Å². The number of hydrogen-bond donors (Lipinski definition) is 0. The van der Waals surface area contributed by atoms with E-state index in [4.69, 9.17) is 0 Å². The van der Waals surface area contributed by atoms with Gasteiger partial charge in [-0.1, -0.05) is 87.1 Å². The van der Waals surface area contributed by atoms with Crippen molar-refractivity contribution in [3.05, 3.63) is 121 Å². The molecule has 40 heavy (non-hydrogen) atoms. The maximum Gasteiger partial charge on any atom is 0.0950 e. The Balaban J connectivity index is 1.34. The SMILES string of the molecule is CN1CN(c2cc(Sc3ccc4c5ccccc5n(-c5ccccc5)c4c3)cc(C(C)(C)C)c2)c2ccccc21. The molecule has 3 nitrogen and oxygen atoms in total. The summed E-state index contributed by atoms with van der Waals surface area (Å²) < 4.78 is 2.39. The van der Waals surface area contributed by atoms with E-state index in [2.05, 4.69) is 157 Å². The van der Waals surface area contributed by atoms with Crippen LogP contribution in [0.25, 0.3) is 27.5 Å². The highest BCUT2D eigenvalue weighted by molar-refractivity contribution is 7.99. The van der Waals surface area contributed by atoms with Crippen LogP contribution in [-0.4, -0.2) is 18.3 Å². The number of fused-ring (bicyclic) bond motifs is 4. The van der Waals surface area contributed by atoms with E-state index >= 15 is 0 Å². The number of aromatic nitrogens is 1. The molecule has 0 amide bonds. The molecule has 198 valence electrons. The van der Waals surface area contributed by atoms with Gasteiger partial charge in [-0.2, -0.15) is 0 Å². The molecule has 0 saturated carbocycles. The summed E-state index contributed by atoms with van der Waals surface area (Å²) in [5.41, 5.74) is 8.83. The Morgan fingerprint density at radius 1 is 0.600 bits per heavy atom. The monoisotopic (exact) mass is 539 g/mol. The van der Waals surface area contributed by atoms with Crippen molar-refractivity contribution in [1.29, 1.82) is 0 Å². The Kier molecular flexibility index (Phi) is 5.90. The van der Waals surface area contributed by atoms with Gasteiger partial charge in [0.05, 0.1) is 29.1 Å². The Bertz CT molecular complexity index is 1860. The molecule has 1 aromatic heterocycles. The highest BCUT2D eigenvalue weighted by Crippen LogP contribution is 2.43. The van der Waals surface area contributed by atoms with Crippen molar-refractivity contribution < 1.29 is 0 Å². The molecule has 0 atom stereocenters. The molecule has 1 aliphatic rings. The van der Waals surface area contributed by atoms with Gasteiger partial charge >= 0.3 is 0 Å². The van der Waals surface area contributed by atoms with Gasteiger partial charge in [-0.15, -0.1) is 0 Å². The smallest absolute Gasteiger partial charge is 0.0950 e. The molecule has 0 saturated heterocycles. The van der Waals surface area contributed by atoms with Crippen molar-refractivity contribution in [2.75, 3.05) is 23.5 Å². The van der Waals surface area contributed by atoms with Crippen LogP contribution in [0.4, 0.5) is 17.1 Å².